The van der Waals surface area contributed by atoms with Crippen LogP contribution in [0.4, 0.5) is 0 Å². The lowest BCUT2D eigenvalue weighted by molar-refractivity contribution is -0.359. The predicted molar refractivity (Wildman–Crippen MR) is 364 cm³/mol. The number of rotatable bonds is 56. The standard InChI is InChI=1S/C75H127NO13/c1-3-5-7-9-11-13-15-17-19-21-23-25-26-27-28-29-30-31-32-33-34-35-36-37-38-39-41-43-45-47-49-51-53-55-57-59-67(80)76-63(64(79)58-56-54-52-50-48-46-44-42-40-24-22-20-18-16-14-12-10-8-6-4-2)62-86-74-72(85)70(83)73(66(61-78)88-74)89-75-71(84)69(82)68(81)65(60-77)87-75/h5,7,11,13,17,19,23,25,27-28,30-31,33-34,36-37,39,41,45,47,63-66,68-75,77-79,81-85H,3-4,6,8-10,12,14-16,18,20-22,24,26,29,32,35,38,40,42-44,46,48-62H2,1-2H3,(H,76,80)/b7-5-,13-11-,19-17-,25-23-,28-27-,31-30-,34-33-,37-36-,41-39-,47-45-. The maximum absolute atomic E-state index is 13.3. The van der Waals surface area contributed by atoms with Gasteiger partial charge in [-0.3, -0.25) is 4.79 Å². The Balaban J connectivity index is 1.69. The summed E-state index contributed by atoms with van der Waals surface area (Å²) in [5.74, 6) is -0.234. The number of hydrogen-bond donors (Lipinski definition) is 9. The van der Waals surface area contributed by atoms with Crippen molar-refractivity contribution in [1.82, 2.24) is 5.32 Å². The average Bonchev–Trinajstić information content (AvgIpc) is 3.62. The number of carbonyl (C=O) groups is 1. The molecule has 0 aromatic carbocycles. The highest BCUT2D eigenvalue weighted by Crippen LogP contribution is 2.30. The van der Waals surface area contributed by atoms with E-state index in [2.05, 4.69) is 141 Å². The SMILES string of the molecule is CC/C=C\C/C=C\C/C=C\C/C=C\C/C=C\C/C=C\C/C=C\C/C=C\C/C=C\C/C=C\CCCCCCC(=O)NC(COC1OC(CO)C(OC2OC(CO)C(O)C(O)C2O)C(O)C1O)C(O)CCCCCCCCCCCCCCCCCCCCCC. The largest absolute Gasteiger partial charge is 0.394 e. The van der Waals surface area contributed by atoms with Gasteiger partial charge in [0.05, 0.1) is 32.0 Å². The summed E-state index contributed by atoms with van der Waals surface area (Å²) >= 11 is 0. The normalized spacial score (nSPS) is 23.8. The first kappa shape index (κ1) is 81.5. The molecule has 9 N–H and O–H groups in total. The molecule has 14 nitrogen and oxygen atoms in total. The van der Waals surface area contributed by atoms with Gasteiger partial charge in [0, 0.05) is 6.42 Å². The minimum absolute atomic E-state index is 0.234. The van der Waals surface area contributed by atoms with Gasteiger partial charge in [-0.1, -0.05) is 277 Å². The third-order valence-corrected chi connectivity index (χ3v) is 16.4. The molecular weight excluding hydrogens is 1120 g/mol. The Morgan fingerprint density at radius 3 is 1.19 bits per heavy atom. The second-order valence-corrected chi connectivity index (χ2v) is 24.3. The van der Waals surface area contributed by atoms with Crippen LogP contribution in [0.2, 0.25) is 0 Å². The van der Waals surface area contributed by atoms with Crippen LogP contribution in [0.15, 0.2) is 122 Å². The van der Waals surface area contributed by atoms with Gasteiger partial charge in [-0.05, 0) is 89.9 Å². The molecular formula is C75H127NO13. The number of nitrogens with one attached hydrogen (secondary N) is 1. The zero-order valence-electron chi connectivity index (χ0n) is 55.4. The zero-order valence-corrected chi connectivity index (χ0v) is 55.4. The summed E-state index contributed by atoms with van der Waals surface area (Å²) in [5.41, 5.74) is 0. The number of hydrogen-bond acceptors (Lipinski definition) is 13. The first-order valence-corrected chi connectivity index (χ1v) is 35.3. The number of allylic oxidation sites excluding steroid dienone is 20. The highest BCUT2D eigenvalue weighted by molar-refractivity contribution is 5.76. The zero-order chi connectivity index (χ0) is 64.5. The van der Waals surface area contributed by atoms with Crippen molar-refractivity contribution in [3.63, 3.8) is 0 Å². The van der Waals surface area contributed by atoms with Gasteiger partial charge in [0.1, 0.15) is 48.8 Å². The van der Waals surface area contributed by atoms with Crippen LogP contribution in [0.3, 0.4) is 0 Å². The van der Waals surface area contributed by atoms with E-state index in [1.54, 1.807) is 0 Å². The van der Waals surface area contributed by atoms with E-state index in [0.717, 1.165) is 116 Å². The van der Waals surface area contributed by atoms with Gasteiger partial charge in [0.15, 0.2) is 12.6 Å². The van der Waals surface area contributed by atoms with Crippen LogP contribution in [0.25, 0.3) is 0 Å². The van der Waals surface area contributed by atoms with Crippen LogP contribution >= 0.6 is 0 Å². The summed E-state index contributed by atoms with van der Waals surface area (Å²) in [4.78, 5) is 13.3. The number of ether oxygens (including phenoxy) is 4. The minimum atomic E-state index is -1.79. The first-order chi connectivity index (χ1) is 43.6. The maximum atomic E-state index is 13.3. The number of aliphatic hydroxyl groups excluding tert-OH is 8. The van der Waals surface area contributed by atoms with Crippen molar-refractivity contribution in [3.8, 4) is 0 Å². The Kier molecular flexibility index (Phi) is 53.3. The Morgan fingerprint density at radius 2 is 0.775 bits per heavy atom. The summed E-state index contributed by atoms with van der Waals surface area (Å²) in [6.07, 6.45) is 67.7. The predicted octanol–water partition coefficient (Wildman–Crippen LogP) is 14.5. The summed E-state index contributed by atoms with van der Waals surface area (Å²) in [6, 6.07) is -0.853. The molecule has 14 heteroatoms. The molecule has 0 aliphatic carbocycles. The Hall–Kier alpha value is -3.61. The summed E-state index contributed by atoms with van der Waals surface area (Å²) in [6.45, 7) is 2.74. The molecule has 2 heterocycles. The third kappa shape index (κ3) is 42.3. The van der Waals surface area contributed by atoms with Crippen LogP contribution in [0.5, 0.6) is 0 Å². The molecule has 12 unspecified atom stereocenters. The molecule has 2 rings (SSSR count). The van der Waals surface area contributed by atoms with Crippen molar-refractivity contribution >= 4 is 5.91 Å². The van der Waals surface area contributed by atoms with Crippen LogP contribution < -0.4 is 5.32 Å². The molecule has 89 heavy (non-hydrogen) atoms. The van der Waals surface area contributed by atoms with E-state index in [4.69, 9.17) is 18.9 Å². The van der Waals surface area contributed by atoms with Gasteiger partial charge >= 0.3 is 0 Å². The van der Waals surface area contributed by atoms with Crippen LogP contribution in [0.1, 0.15) is 251 Å². The van der Waals surface area contributed by atoms with E-state index in [1.165, 1.54) is 103 Å². The minimum Gasteiger partial charge on any atom is -0.394 e. The van der Waals surface area contributed by atoms with E-state index in [0.29, 0.717) is 12.8 Å². The van der Waals surface area contributed by atoms with Gasteiger partial charge < -0.3 is 65.1 Å². The fourth-order valence-corrected chi connectivity index (χ4v) is 10.9. The first-order valence-electron chi connectivity index (χ1n) is 35.3. The quantitative estimate of drug-likeness (QED) is 0.0204. The fraction of sp³-hybridized carbons (Fsp3) is 0.720. The number of unbranched alkanes of at least 4 members (excludes halogenated alkanes) is 23. The lowest BCUT2D eigenvalue weighted by atomic mass is 9.97. The van der Waals surface area contributed by atoms with E-state index in [1.807, 2.05) is 0 Å². The molecule has 0 saturated carbocycles. The summed E-state index contributed by atoms with van der Waals surface area (Å²) in [7, 11) is 0. The number of carbonyl (C=O) groups excluding carboxylic acids is 1. The number of amides is 1. The molecule has 12 atom stereocenters. The van der Waals surface area contributed by atoms with Gasteiger partial charge in [0.25, 0.3) is 0 Å². The molecule has 2 fully saturated rings. The highest BCUT2D eigenvalue weighted by Gasteiger charge is 2.51. The van der Waals surface area contributed by atoms with Crippen LogP contribution in [-0.2, 0) is 23.7 Å². The van der Waals surface area contributed by atoms with Gasteiger partial charge in [-0.2, -0.15) is 0 Å². The summed E-state index contributed by atoms with van der Waals surface area (Å²) < 4.78 is 22.9. The molecule has 0 radical (unpaired) electrons. The Labute approximate surface area is 539 Å². The van der Waals surface area contributed by atoms with Crippen LogP contribution in [0, 0.1) is 0 Å². The molecule has 0 aromatic rings. The van der Waals surface area contributed by atoms with Gasteiger partial charge in [-0.25, -0.2) is 0 Å². The molecule has 0 aromatic heterocycles. The lowest BCUT2D eigenvalue weighted by Gasteiger charge is -2.46. The average molecular weight is 1250 g/mol. The maximum Gasteiger partial charge on any atom is 0.220 e. The van der Waals surface area contributed by atoms with Crippen LogP contribution in [-0.4, -0.2) is 140 Å². The topological polar surface area (TPSA) is 228 Å². The smallest absolute Gasteiger partial charge is 0.220 e. The van der Waals surface area contributed by atoms with E-state index in [9.17, 15) is 45.6 Å². The third-order valence-electron chi connectivity index (χ3n) is 16.4. The second kappa shape index (κ2) is 58.2. The molecule has 0 bridgehead atoms. The molecule has 0 spiro atoms. The van der Waals surface area contributed by atoms with Crippen molar-refractivity contribution in [3.05, 3.63) is 122 Å². The Morgan fingerprint density at radius 1 is 0.416 bits per heavy atom. The van der Waals surface area contributed by atoms with E-state index < -0.39 is 86.8 Å². The highest BCUT2D eigenvalue weighted by atomic mass is 16.7. The van der Waals surface area contributed by atoms with Crippen molar-refractivity contribution in [2.24, 2.45) is 0 Å². The molecule has 2 saturated heterocycles. The van der Waals surface area contributed by atoms with Crippen molar-refractivity contribution in [2.45, 2.75) is 325 Å². The molecule has 1 amide bonds. The van der Waals surface area contributed by atoms with Crippen molar-refractivity contribution < 1.29 is 64.6 Å². The van der Waals surface area contributed by atoms with E-state index in [-0.39, 0.29) is 18.9 Å². The van der Waals surface area contributed by atoms with Crippen molar-refractivity contribution in [2.75, 3.05) is 19.8 Å². The van der Waals surface area contributed by atoms with Gasteiger partial charge in [-0.15, -0.1) is 0 Å². The van der Waals surface area contributed by atoms with Crippen molar-refractivity contribution in [1.29, 1.82) is 0 Å². The number of aliphatic hydroxyl groups is 8. The fourth-order valence-electron chi connectivity index (χ4n) is 10.9. The monoisotopic (exact) mass is 1250 g/mol. The van der Waals surface area contributed by atoms with Gasteiger partial charge in [0.2, 0.25) is 5.91 Å². The molecule has 2 aliphatic rings. The second-order valence-electron chi connectivity index (χ2n) is 24.3. The lowest BCUT2D eigenvalue weighted by Crippen LogP contribution is -2.65. The molecule has 2 aliphatic heterocycles. The van der Waals surface area contributed by atoms with E-state index >= 15 is 0 Å². The summed E-state index contributed by atoms with van der Waals surface area (Å²) in [5, 5.41) is 87.6. The molecule has 510 valence electrons. The Bertz CT molecular complexity index is 1960.